The van der Waals surface area contributed by atoms with Crippen molar-refractivity contribution < 1.29 is 9.21 Å². The maximum absolute atomic E-state index is 12.0. The minimum atomic E-state index is -0.432. The Morgan fingerprint density at radius 2 is 2.25 bits per heavy atom. The van der Waals surface area contributed by atoms with Gasteiger partial charge in [0.25, 0.3) is 5.91 Å². The molecule has 3 rings (SSSR count). The van der Waals surface area contributed by atoms with Crippen molar-refractivity contribution in [1.82, 2.24) is 9.55 Å². The molecule has 6 nitrogen and oxygen atoms in total. The van der Waals surface area contributed by atoms with E-state index in [-0.39, 0.29) is 5.91 Å². The van der Waals surface area contributed by atoms with Crippen LogP contribution >= 0.6 is 11.3 Å². The Morgan fingerprint density at radius 3 is 2.95 bits per heavy atom. The number of aryl methyl sites for hydroxylation is 2. The zero-order chi connectivity index (χ0) is 14.3. The predicted molar refractivity (Wildman–Crippen MR) is 76.3 cm³/mol. The highest BCUT2D eigenvalue weighted by Gasteiger charge is 2.11. The second kappa shape index (κ2) is 4.61. The van der Waals surface area contributed by atoms with Gasteiger partial charge in [0.15, 0.2) is 5.58 Å². The highest BCUT2D eigenvalue weighted by atomic mass is 32.1. The molecule has 1 amide bonds. The third-order valence-electron chi connectivity index (χ3n) is 2.90. The number of amides is 1. The maximum Gasteiger partial charge on any atom is 0.419 e. The Labute approximate surface area is 117 Å². The standard InChI is InChI=1S/C13H11N3O3S/c1-7-14-9(6-20-7)12(17)15-8-3-4-10-11(5-8)19-13(18)16(10)2/h3-6H,1-2H3,(H,15,17). The normalized spacial score (nSPS) is 10.9. The van der Waals surface area contributed by atoms with Crippen LogP contribution in [0.1, 0.15) is 15.5 Å². The lowest BCUT2D eigenvalue weighted by molar-refractivity contribution is 0.102. The number of oxazole rings is 1. The molecule has 0 saturated heterocycles. The molecular weight excluding hydrogens is 278 g/mol. The van der Waals surface area contributed by atoms with E-state index in [0.717, 1.165) is 5.01 Å². The molecule has 0 bridgehead atoms. The molecular formula is C13H11N3O3S. The first-order valence-electron chi connectivity index (χ1n) is 5.87. The van der Waals surface area contributed by atoms with Crippen LogP contribution in [0.25, 0.3) is 11.1 Å². The fourth-order valence-corrected chi connectivity index (χ4v) is 2.47. The Kier molecular flexibility index (Phi) is 2.90. The lowest BCUT2D eigenvalue weighted by Gasteiger charge is -2.02. The van der Waals surface area contributed by atoms with Gasteiger partial charge in [0, 0.05) is 24.2 Å². The van der Waals surface area contributed by atoms with E-state index >= 15 is 0 Å². The first-order chi connectivity index (χ1) is 9.54. The van der Waals surface area contributed by atoms with Crippen LogP contribution in [0.4, 0.5) is 5.69 Å². The van der Waals surface area contributed by atoms with E-state index in [4.69, 9.17) is 4.42 Å². The summed E-state index contributed by atoms with van der Waals surface area (Å²) >= 11 is 1.42. The van der Waals surface area contributed by atoms with E-state index in [9.17, 15) is 9.59 Å². The van der Waals surface area contributed by atoms with E-state index < -0.39 is 5.76 Å². The summed E-state index contributed by atoms with van der Waals surface area (Å²) < 4.78 is 6.48. The number of carbonyl (C=O) groups excluding carboxylic acids is 1. The smallest absolute Gasteiger partial charge is 0.408 e. The number of fused-ring (bicyclic) bond motifs is 1. The Balaban J connectivity index is 1.91. The van der Waals surface area contributed by atoms with Gasteiger partial charge in [-0.1, -0.05) is 0 Å². The summed E-state index contributed by atoms with van der Waals surface area (Å²) in [5.41, 5.74) is 2.05. The molecule has 2 heterocycles. The Hall–Kier alpha value is -2.41. The molecule has 1 aromatic carbocycles. The van der Waals surface area contributed by atoms with Crippen LogP contribution in [-0.2, 0) is 7.05 Å². The minimum Gasteiger partial charge on any atom is -0.408 e. The van der Waals surface area contributed by atoms with Gasteiger partial charge in [0.2, 0.25) is 0 Å². The Bertz CT molecular complexity index is 859. The summed E-state index contributed by atoms with van der Waals surface area (Å²) in [6, 6.07) is 5.06. The van der Waals surface area contributed by atoms with Crippen molar-refractivity contribution in [3.8, 4) is 0 Å². The summed E-state index contributed by atoms with van der Waals surface area (Å²) in [5, 5.41) is 5.26. The zero-order valence-corrected chi connectivity index (χ0v) is 11.7. The van der Waals surface area contributed by atoms with Crippen molar-refractivity contribution in [3.63, 3.8) is 0 Å². The van der Waals surface area contributed by atoms with Crippen LogP contribution in [0.3, 0.4) is 0 Å². The number of hydrogen-bond acceptors (Lipinski definition) is 5. The van der Waals surface area contributed by atoms with Gasteiger partial charge in [-0.25, -0.2) is 9.78 Å². The number of rotatable bonds is 2. The quantitative estimate of drug-likeness (QED) is 0.784. The average molecular weight is 289 g/mol. The van der Waals surface area contributed by atoms with E-state index in [0.29, 0.717) is 22.5 Å². The summed E-state index contributed by atoms with van der Waals surface area (Å²) in [4.78, 5) is 27.5. The monoisotopic (exact) mass is 289 g/mol. The molecule has 0 fully saturated rings. The molecule has 0 aliphatic rings. The lowest BCUT2D eigenvalue weighted by atomic mass is 10.2. The molecule has 102 valence electrons. The summed E-state index contributed by atoms with van der Waals surface area (Å²) in [6.45, 7) is 1.84. The van der Waals surface area contributed by atoms with Crippen molar-refractivity contribution in [1.29, 1.82) is 0 Å². The summed E-state index contributed by atoms with van der Waals surface area (Å²) in [5.74, 6) is -0.717. The highest BCUT2D eigenvalue weighted by molar-refractivity contribution is 7.09. The first-order valence-corrected chi connectivity index (χ1v) is 6.75. The Morgan fingerprint density at radius 1 is 1.45 bits per heavy atom. The number of nitrogens with zero attached hydrogens (tertiary/aromatic N) is 2. The molecule has 0 unspecified atom stereocenters. The number of thiazole rings is 1. The SMILES string of the molecule is Cc1nc(C(=O)Nc2ccc3c(c2)oc(=O)n3C)cs1. The third-order valence-corrected chi connectivity index (χ3v) is 3.68. The first kappa shape index (κ1) is 12.6. The van der Waals surface area contributed by atoms with Gasteiger partial charge in [-0.05, 0) is 19.1 Å². The van der Waals surface area contributed by atoms with Gasteiger partial charge in [-0.15, -0.1) is 11.3 Å². The molecule has 0 saturated carbocycles. The number of hydrogen-bond donors (Lipinski definition) is 1. The van der Waals surface area contributed by atoms with E-state index in [1.165, 1.54) is 15.9 Å². The number of aromatic nitrogens is 2. The summed E-state index contributed by atoms with van der Waals surface area (Å²) in [7, 11) is 1.63. The topological polar surface area (TPSA) is 77.1 Å². The zero-order valence-electron chi connectivity index (χ0n) is 10.8. The molecule has 2 aromatic heterocycles. The predicted octanol–water partition coefficient (Wildman–Crippen LogP) is 2.15. The molecule has 1 N–H and O–H groups in total. The van der Waals surface area contributed by atoms with Crippen LogP contribution in [0, 0.1) is 6.92 Å². The van der Waals surface area contributed by atoms with E-state index in [2.05, 4.69) is 10.3 Å². The van der Waals surface area contributed by atoms with Gasteiger partial charge in [0.05, 0.1) is 10.5 Å². The lowest BCUT2D eigenvalue weighted by Crippen LogP contribution is -2.12. The molecule has 0 spiro atoms. The van der Waals surface area contributed by atoms with Crippen molar-refractivity contribution >= 4 is 34.0 Å². The largest absolute Gasteiger partial charge is 0.419 e. The average Bonchev–Trinajstić information content (AvgIpc) is 2.95. The van der Waals surface area contributed by atoms with Crippen LogP contribution in [0.5, 0.6) is 0 Å². The van der Waals surface area contributed by atoms with Gasteiger partial charge in [0.1, 0.15) is 5.69 Å². The molecule has 0 radical (unpaired) electrons. The van der Waals surface area contributed by atoms with E-state index in [1.807, 2.05) is 6.92 Å². The van der Waals surface area contributed by atoms with Gasteiger partial charge < -0.3 is 9.73 Å². The van der Waals surface area contributed by atoms with Gasteiger partial charge in [-0.3, -0.25) is 9.36 Å². The molecule has 20 heavy (non-hydrogen) atoms. The molecule has 0 aliphatic heterocycles. The number of anilines is 1. The van der Waals surface area contributed by atoms with Crippen LogP contribution in [0.2, 0.25) is 0 Å². The highest BCUT2D eigenvalue weighted by Crippen LogP contribution is 2.18. The van der Waals surface area contributed by atoms with Gasteiger partial charge >= 0.3 is 5.76 Å². The van der Waals surface area contributed by atoms with Crippen LogP contribution in [0.15, 0.2) is 32.8 Å². The minimum absolute atomic E-state index is 0.285. The summed E-state index contributed by atoms with van der Waals surface area (Å²) in [6.07, 6.45) is 0. The second-order valence-corrected chi connectivity index (χ2v) is 5.38. The second-order valence-electron chi connectivity index (χ2n) is 4.32. The number of carbonyl (C=O) groups is 1. The van der Waals surface area contributed by atoms with Crippen LogP contribution in [-0.4, -0.2) is 15.5 Å². The fourth-order valence-electron chi connectivity index (χ4n) is 1.87. The van der Waals surface area contributed by atoms with Gasteiger partial charge in [-0.2, -0.15) is 0 Å². The molecule has 0 atom stereocenters. The van der Waals surface area contributed by atoms with Crippen molar-refractivity contribution in [2.24, 2.45) is 7.05 Å². The maximum atomic E-state index is 12.0. The van der Waals surface area contributed by atoms with Crippen molar-refractivity contribution in [2.75, 3.05) is 5.32 Å². The third kappa shape index (κ3) is 2.12. The number of nitrogens with one attached hydrogen (secondary N) is 1. The van der Waals surface area contributed by atoms with Crippen LogP contribution < -0.4 is 11.1 Å². The number of benzene rings is 1. The van der Waals surface area contributed by atoms with Crippen molar-refractivity contribution in [3.05, 3.63) is 44.8 Å². The fraction of sp³-hybridized carbons (Fsp3) is 0.154. The molecule has 3 aromatic rings. The molecule has 7 heteroatoms. The van der Waals surface area contributed by atoms with E-state index in [1.54, 1.807) is 30.6 Å². The van der Waals surface area contributed by atoms with Crippen molar-refractivity contribution in [2.45, 2.75) is 6.92 Å². The molecule has 0 aliphatic carbocycles.